The third kappa shape index (κ3) is 8.06. The van der Waals surface area contributed by atoms with Crippen molar-refractivity contribution in [2.75, 3.05) is 32.8 Å². The number of H-pyrrole nitrogens is 1. The van der Waals surface area contributed by atoms with Crippen molar-refractivity contribution >= 4 is 16.9 Å². The molecule has 0 spiro atoms. The van der Waals surface area contributed by atoms with E-state index in [-0.39, 0.29) is 0 Å². The molecular weight excluding hydrogens is 470 g/mol. The highest BCUT2D eigenvalue weighted by molar-refractivity contribution is 5.87. The average Bonchev–Trinajstić information content (AvgIpc) is 3.43. The number of aliphatic hydroxyl groups is 1. The second kappa shape index (κ2) is 13.4. The lowest BCUT2D eigenvalue weighted by atomic mass is 9.97. The Hall–Kier alpha value is -3.88. The number of β-amino-alcohol motifs (C(OH)–C–C–N with tert-alkyl or cyclic N) is 1. The lowest BCUT2D eigenvalue weighted by Crippen LogP contribution is -2.41. The number of hydrogen-bond acceptors (Lipinski definition) is 6. The number of rotatable bonds is 9. The van der Waals surface area contributed by atoms with Crippen LogP contribution in [-0.4, -0.2) is 70.0 Å². The van der Waals surface area contributed by atoms with Gasteiger partial charge < -0.3 is 29.6 Å². The molecular formula is C29H33N3O5. The van der Waals surface area contributed by atoms with Crippen LogP contribution >= 0.6 is 0 Å². The van der Waals surface area contributed by atoms with E-state index in [1.807, 2.05) is 48.7 Å². The fourth-order valence-corrected chi connectivity index (χ4v) is 4.27. The van der Waals surface area contributed by atoms with Crippen molar-refractivity contribution in [2.24, 2.45) is 5.92 Å². The summed E-state index contributed by atoms with van der Waals surface area (Å²) >= 11 is 0. The fraction of sp³-hybridized carbons (Fsp3) is 0.310. The lowest BCUT2D eigenvalue weighted by molar-refractivity contribution is 0.0504. The summed E-state index contributed by atoms with van der Waals surface area (Å²) in [7, 11) is 0. The van der Waals surface area contributed by atoms with E-state index in [2.05, 4.69) is 14.9 Å². The first-order valence-electron chi connectivity index (χ1n) is 12.5. The van der Waals surface area contributed by atoms with Crippen LogP contribution in [0.5, 0.6) is 11.6 Å². The van der Waals surface area contributed by atoms with E-state index in [0.29, 0.717) is 37.1 Å². The second-order valence-corrected chi connectivity index (χ2v) is 9.05. The highest BCUT2D eigenvalue weighted by Gasteiger charge is 2.22. The molecule has 0 saturated carbocycles. The van der Waals surface area contributed by atoms with E-state index in [0.717, 1.165) is 42.6 Å². The molecule has 1 fully saturated rings. The Morgan fingerprint density at radius 1 is 1.00 bits per heavy atom. The molecule has 8 heteroatoms. The summed E-state index contributed by atoms with van der Waals surface area (Å²) in [5, 5.41) is 19.8. The number of fused-ring (bicyclic) bond motifs is 1. The summed E-state index contributed by atoms with van der Waals surface area (Å²) in [6.07, 6.45) is 5.29. The third-order valence-corrected chi connectivity index (χ3v) is 6.29. The normalized spacial score (nSPS) is 14.9. The largest absolute Gasteiger partial charge is 0.490 e. The maximum atomic E-state index is 10.4. The molecule has 1 saturated heterocycles. The van der Waals surface area contributed by atoms with Gasteiger partial charge in [0.2, 0.25) is 5.88 Å². The summed E-state index contributed by atoms with van der Waals surface area (Å²) in [5.41, 5.74) is 1.37. The van der Waals surface area contributed by atoms with E-state index >= 15 is 0 Å². The van der Waals surface area contributed by atoms with Crippen molar-refractivity contribution in [3.8, 4) is 11.6 Å². The zero-order chi connectivity index (χ0) is 25.9. The number of benzene rings is 2. The Bertz CT molecular complexity index is 1220. The first kappa shape index (κ1) is 26.2. The van der Waals surface area contributed by atoms with Gasteiger partial charge in [-0.1, -0.05) is 30.3 Å². The van der Waals surface area contributed by atoms with Gasteiger partial charge in [-0.3, -0.25) is 0 Å². The zero-order valence-electron chi connectivity index (χ0n) is 20.7. The van der Waals surface area contributed by atoms with Crippen LogP contribution in [0.1, 0.15) is 23.2 Å². The highest BCUT2D eigenvalue weighted by atomic mass is 16.5. The van der Waals surface area contributed by atoms with Crippen molar-refractivity contribution in [2.45, 2.75) is 18.9 Å². The number of nitrogens with one attached hydrogen (secondary N) is 1. The van der Waals surface area contributed by atoms with Crippen LogP contribution in [-0.2, 0) is 0 Å². The molecule has 1 unspecified atom stereocenters. The first-order valence-corrected chi connectivity index (χ1v) is 12.5. The molecule has 194 valence electrons. The molecule has 8 nitrogen and oxygen atoms in total. The number of nitrogens with zero attached hydrogens (tertiary/aromatic N) is 2. The van der Waals surface area contributed by atoms with Gasteiger partial charge in [-0.2, -0.15) is 0 Å². The van der Waals surface area contributed by atoms with Gasteiger partial charge in [-0.25, -0.2) is 9.78 Å². The SMILES string of the molecule is O=C(O)c1ccccc1.OC(COc1cccc2[nH]ccc12)CN1CCC(COc2ccccn2)CC1. The standard InChI is InChI=1S/C22H27N3O3.C7H6O2/c26-18(16-27-21-5-3-4-20-19(21)7-11-23-20)14-25-12-8-17(9-13-25)15-28-22-6-1-2-10-24-22;8-7(9)6-4-2-1-3-5-6/h1-7,10-11,17-18,23,26H,8-9,12-16H2;1-5H,(H,8,9). The highest BCUT2D eigenvalue weighted by Crippen LogP contribution is 2.25. The summed E-state index contributed by atoms with van der Waals surface area (Å²) < 4.78 is 11.6. The first-order chi connectivity index (χ1) is 18.1. The quantitative estimate of drug-likeness (QED) is 0.309. The summed E-state index contributed by atoms with van der Waals surface area (Å²) in [4.78, 5) is 19.9. The number of aliphatic hydroxyl groups excluding tert-OH is 1. The Kier molecular flexibility index (Phi) is 9.51. The van der Waals surface area contributed by atoms with Crippen LogP contribution in [0.3, 0.4) is 0 Å². The molecule has 1 aliphatic heterocycles. The molecule has 0 bridgehead atoms. The zero-order valence-corrected chi connectivity index (χ0v) is 20.7. The van der Waals surface area contributed by atoms with Gasteiger partial charge in [-0.15, -0.1) is 0 Å². The smallest absolute Gasteiger partial charge is 0.335 e. The number of pyridine rings is 1. The van der Waals surface area contributed by atoms with Crippen LogP contribution in [0.15, 0.2) is 85.2 Å². The van der Waals surface area contributed by atoms with E-state index in [1.54, 1.807) is 36.5 Å². The Morgan fingerprint density at radius 3 is 2.49 bits per heavy atom. The molecule has 4 aromatic rings. The summed E-state index contributed by atoms with van der Waals surface area (Å²) in [5.74, 6) is 1.16. The number of carboxylic acid groups (broad SMARTS) is 1. The number of piperidine rings is 1. The van der Waals surface area contributed by atoms with Gasteiger partial charge in [-0.05, 0) is 68.2 Å². The van der Waals surface area contributed by atoms with Crippen LogP contribution in [0.4, 0.5) is 0 Å². The van der Waals surface area contributed by atoms with Crippen molar-refractivity contribution in [1.29, 1.82) is 0 Å². The molecule has 3 heterocycles. The molecule has 0 amide bonds. The minimum absolute atomic E-state index is 0.299. The Morgan fingerprint density at radius 2 is 1.78 bits per heavy atom. The van der Waals surface area contributed by atoms with E-state index in [9.17, 15) is 9.90 Å². The van der Waals surface area contributed by atoms with Gasteiger partial charge >= 0.3 is 5.97 Å². The van der Waals surface area contributed by atoms with Gasteiger partial charge in [0, 0.05) is 35.9 Å². The number of aromatic carboxylic acids is 1. The Labute approximate surface area is 216 Å². The third-order valence-electron chi connectivity index (χ3n) is 6.29. The van der Waals surface area contributed by atoms with Crippen molar-refractivity contribution in [3.63, 3.8) is 0 Å². The number of carboxylic acids is 1. The monoisotopic (exact) mass is 503 g/mol. The number of likely N-dealkylation sites (tertiary alicyclic amines) is 1. The molecule has 1 aliphatic rings. The molecule has 3 N–H and O–H groups in total. The van der Waals surface area contributed by atoms with Gasteiger partial charge in [0.25, 0.3) is 0 Å². The van der Waals surface area contributed by atoms with Crippen LogP contribution in [0, 0.1) is 5.92 Å². The van der Waals surface area contributed by atoms with Gasteiger partial charge in [0.05, 0.1) is 12.2 Å². The van der Waals surface area contributed by atoms with Crippen molar-refractivity contribution < 1.29 is 24.5 Å². The van der Waals surface area contributed by atoms with Crippen LogP contribution < -0.4 is 9.47 Å². The molecule has 0 radical (unpaired) electrons. The maximum absolute atomic E-state index is 10.4. The van der Waals surface area contributed by atoms with Crippen molar-refractivity contribution in [1.82, 2.24) is 14.9 Å². The maximum Gasteiger partial charge on any atom is 0.335 e. The van der Waals surface area contributed by atoms with Gasteiger partial charge in [0.1, 0.15) is 18.5 Å². The van der Waals surface area contributed by atoms with Gasteiger partial charge in [0.15, 0.2) is 0 Å². The predicted molar refractivity (Wildman–Crippen MR) is 142 cm³/mol. The van der Waals surface area contributed by atoms with Crippen molar-refractivity contribution in [3.05, 3.63) is 90.8 Å². The number of aromatic nitrogens is 2. The summed E-state index contributed by atoms with van der Waals surface area (Å²) in [6, 6.07) is 21.9. The van der Waals surface area contributed by atoms with E-state index in [4.69, 9.17) is 14.6 Å². The molecule has 0 aliphatic carbocycles. The minimum Gasteiger partial charge on any atom is -0.490 e. The number of carbonyl (C=O) groups is 1. The predicted octanol–water partition coefficient (Wildman–Crippen LogP) is 4.48. The topological polar surface area (TPSA) is 108 Å². The molecule has 2 aromatic carbocycles. The molecule has 1 atom stereocenters. The average molecular weight is 504 g/mol. The molecule has 2 aromatic heterocycles. The second-order valence-electron chi connectivity index (χ2n) is 9.05. The fourth-order valence-electron chi connectivity index (χ4n) is 4.27. The minimum atomic E-state index is -0.879. The number of hydrogen-bond donors (Lipinski definition) is 3. The van der Waals surface area contributed by atoms with E-state index in [1.165, 1.54) is 0 Å². The van der Waals surface area contributed by atoms with Crippen LogP contribution in [0.2, 0.25) is 0 Å². The summed E-state index contributed by atoms with van der Waals surface area (Å²) in [6.45, 7) is 3.59. The number of aromatic amines is 1. The van der Waals surface area contributed by atoms with Crippen LogP contribution in [0.25, 0.3) is 10.9 Å². The number of ether oxygens (including phenoxy) is 2. The molecule has 5 rings (SSSR count). The lowest BCUT2D eigenvalue weighted by Gasteiger charge is -2.32. The van der Waals surface area contributed by atoms with E-state index < -0.39 is 12.1 Å². The Balaban J connectivity index is 0.000000301. The molecule has 37 heavy (non-hydrogen) atoms.